The van der Waals surface area contributed by atoms with Crippen molar-refractivity contribution in [2.24, 2.45) is 0 Å². The normalized spacial score (nSPS) is 15.2. The number of carbonyl (C=O) groups is 1. The van der Waals surface area contributed by atoms with Crippen LogP contribution >= 0.6 is 11.6 Å². The molecule has 1 fully saturated rings. The molecule has 1 aliphatic heterocycles. The number of nitriles is 1. The molecule has 32 heavy (non-hydrogen) atoms. The third kappa shape index (κ3) is 4.73. The van der Waals surface area contributed by atoms with E-state index >= 15 is 0 Å². The Morgan fingerprint density at radius 1 is 1.09 bits per heavy atom. The number of hydrogen-bond acceptors (Lipinski definition) is 6. The van der Waals surface area contributed by atoms with Crippen LogP contribution in [0.1, 0.15) is 31.4 Å². The molecule has 3 aromatic rings. The molecule has 0 N–H and O–H groups in total. The maximum atomic E-state index is 13.3. The van der Waals surface area contributed by atoms with E-state index in [4.69, 9.17) is 16.9 Å². The highest BCUT2D eigenvalue weighted by molar-refractivity contribution is 6.30. The topological polar surface area (TPSA) is 90.9 Å². The first-order valence-corrected chi connectivity index (χ1v) is 11.1. The van der Waals surface area contributed by atoms with E-state index in [9.17, 15) is 4.79 Å². The van der Waals surface area contributed by atoms with E-state index in [1.165, 1.54) is 4.80 Å². The minimum Gasteiger partial charge on any atom is -0.370 e. The first kappa shape index (κ1) is 21.8. The van der Waals surface area contributed by atoms with Crippen LogP contribution in [0.4, 0.5) is 5.69 Å². The van der Waals surface area contributed by atoms with Crippen LogP contribution in [-0.4, -0.2) is 57.2 Å². The summed E-state index contributed by atoms with van der Waals surface area (Å²) < 4.78 is 0. The summed E-state index contributed by atoms with van der Waals surface area (Å²) in [5.74, 6) is 0.477. The summed E-state index contributed by atoms with van der Waals surface area (Å²) >= 11 is 5.95. The van der Waals surface area contributed by atoms with E-state index in [1.54, 1.807) is 12.1 Å². The Bertz CT molecular complexity index is 1100. The third-order valence-electron chi connectivity index (χ3n) is 5.65. The van der Waals surface area contributed by atoms with Crippen molar-refractivity contribution < 1.29 is 4.79 Å². The average molecular weight is 450 g/mol. The fourth-order valence-corrected chi connectivity index (χ4v) is 3.99. The highest BCUT2D eigenvalue weighted by atomic mass is 35.5. The van der Waals surface area contributed by atoms with Crippen LogP contribution in [-0.2, 0) is 4.79 Å². The Balaban J connectivity index is 1.44. The van der Waals surface area contributed by atoms with Crippen molar-refractivity contribution in [2.75, 3.05) is 31.1 Å². The highest BCUT2D eigenvalue weighted by Gasteiger charge is 2.28. The van der Waals surface area contributed by atoms with Crippen LogP contribution in [0.15, 0.2) is 48.5 Å². The summed E-state index contributed by atoms with van der Waals surface area (Å²) in [5.41, 5.74) is 2.51. The second kappa shape index (κ2) is 9.79. The lowest BCUT2D eigenvalue weighted by Crippen LogP contribution is -2.40. The molecule has 1 unspecified atom stereocenters. The molecule has 1 saturated heterocycles. The van der Waals surface area contributed by atoms with Gasteiger partial charge in [0.15, 0.2) is 6.04 Å². The second-order valence-corrected chi connectivity index (χ2v) is 8.13. The van der Waals surface area contributed by atoms with Crippen LogP contribution in [0.25, 0.3) is 11.4 Å². The number of tetrazole rings is 1. The Morgan fingerprint density at radius 3 is 2.53 bits per heavy atom. The van der Waals surface area contributed by atoms with E-state index in [-0.39, 0.29) is 5.91 Å². The lowest BCUT2D eigenvalue weighted by molar-refractivity contribution is -0.135. The van der Waals surface area contributed by atoms with Crippen LogP contribution in [0.5, 0.6) is 0 Å². The number of rotatable bonds is 5. The van der Waals surface area contributed by atoms with Crippen molar-refractivity contribution in [3.05, 3.63) is 59.1 Å². The van der Waals surface area contributed by atoms with Gasteiger partial charge in [-0.15, -0.1) is 10.2 Å². The first-order chi connectivity index (χ1) is 15.6. The van der Waals surface area contributed by atoms with E-state index in [2.05, 4.69) is 26.4 Å². The zero-order valence-electron chi connectivity index (χ0n) is 17.9. The predicted molar refractivity (Wildman–Crippen MR) is 122 cm³/mol. The Labute approximate surface area is 192 Å². The summed E-state index contributed by atoms with van der Waals surface area (Å²) in [4.78, 5) is 18.9. The fourth-order valence-electron chi connectivity index (χ4n) is 3.86. The number of benzene rings is 2. The summed E-state index contributed by atoms with van der Waals surface area (Å²) in [6.45, 7) is 4.84. The van der Waals surface area contributed by atoms with Crippen molar-refractivity contribution >= 4 is 23.2 Å². The zero-order valence-corrected chi connectivity index (χ0v) is 18.6. The number of halogens is 1. The quantitative estimate of drug-likeness (QED) is 0.591. The zero-order chi connectivity index (χ0) is 22.5. The molecule has 1 aromatic heterocycles. The number of aromatic nitrogens is 4. The molecular formula is C23H24ClN7O. The number of hydrogen-bond donors (Lipinski definition) is 0. The lowest BCUT2D eigenvalue weighted by atomic mass is 10.2. The summed E-state index contributed by atoms with van der Waals surface area (Å²) in [6, 6.07) is 16.4. The molecule has 0 bridgehead atoms. The van der Waals surface area contributed by atoms with E-state index < -0.39 is 6.04 Å². The van der Waals surface area contributed by atoms with Crippen molar-refractivity contribution in [3.8, 4) is 17.5 Å². The molecule has 0 radical (unpaired) electrons. The van der Waals surface area contributed by atoms with Gasteiger partial charge in [-0.1, -0.05) is 18.5 Å². The number of nitrogens with zero attached hydrogens (tertiary/aromatic N) is 7. The smallest absolute Gasteiger partial charge is 0.249 e. The van der Waals surface area contributed by atoms with E-state index in [0.717, 1.165) is 30.8 Å². The standard InChI is InChI=1S/C23H24ClN7O/c1-2-21(31-27-22(26-28-31)18-6-8-19(24)9-7-18)23(32)30-13-3-12-29(14-15-30)20-10-4-17(16-25)5-11-20/h4-11,21H,2-3,12-15H2,1H3. The van der Waals surface area contributed by atoms with Gasteiger partial charge in [0.05, 0.1) is 11.6 Å². The van der Waals surface area contributed by atoms with Gasteiger partial charge in [0.2, 0.25) is 11.7 Å². The van der Waals surface area contributed by atoms with Gasteiger partial charge in [0.1, 0.15) is 0 Å². The molecule has 0 aliphatic carbocycles. The van der Waals surface area contributed by atoms with Gasteiger partial charge < -0.3 is 9.80 Å². The van der Waals surface area contributed by atoms with E-state index in [0.29, 0.717) is 35.9 Å². The van der Waals surface area contributed by atoms with E-state index in [1.807, 2.05) is 48.2 Å². The number of amides is 1. The van der Waals surface area contributed by atoms with Gasteiger partial charge in [-0.25, -0.2) is 0 Å². The van der Waals surface area contributed by atoms with Gasteiger partial charge in [-0.2, -0.15) is 10.1 Å². The SMILES string of the molecule is CCC(C(=O)N1CCCN(c2ccc(C#N)cc2)CC1)n1nnc(-c2ccc(Cl)cc2)n1. The van der Waals surface area contributed by atoms with Crippen molar-refractivity contribution in [3.63, 3.8) is 0 Å². The first-order valence-electron chi connectivity index (χ1n) is 10.7. The minimum absolute atomic E-state index is 0.00855. The van der Waals surface area contributed by atoms with Crippen LogP contribution in [0, 0.1) is 11.3 Å². The highest BCUT2D eigenvalue weighted by Crippen LogP contribution is 2.21. The summed E-state index contributed by atoms with van der Waals surface area (Å²) in [7, 11) is 0. The van der Waals surface area contributed by atoms with Crippen LogP contribution < -0.4 is 4.90 Å². The largest absolute Gasteiger partial charge is 0.370 e. The molecule has 2 heterocycles. The maximum absolute atomic E-state index is 13.3. The number of anilines is 1. The van der Waals surface area contributed by atoms with Crippen molar-refractivity contribution in [1.29, 1.82) is 5.26 Å². The molecule has 8 nitrogen and oxygen atoms in total. The van der Waals surface area contributed by atoms with Crippen LogP contribution in [0.3, 0.4) is 0 Å². The third-order valence-corrected chi connectivity index (χ3v) is 5.90. The minimum atomic E-state index is -0.495. The fraction of sp³-hybridized carbons (Fsp3) is 0.348. The van der Waals surface area contributed by atoms with Crippen molar-refractivity contribution in [2.45, 2.75) is 25.8 Å². The average Bonchev–Trinajstić information content (AvgIpc) is 3.17. The van der Waals surface area contributed by atoms with Crippen molar-refractivity contribution in [1.82, 2.24) is 25.1 Å². The molecule has 1 aliphatic rings. The maximum Gasteiger partial charge on any atom is 0.249 e. The lowest BCUT2D eigenvalue weighted by Gasteiger charge is -2.26. The molecule has 1 atom stereocenters. The monoisotopic (exact) mass is 449 g/mol. The molecule has 0 spiro atoms. The molecule has 1 amide bonds. The van der Waals surface area contributed by atoms with Gasteiger partial charge >= 0.3 is 0 Å². The Kier molecular flexibility index (Phi) is 6.66. The Hall–Kier alpha value is -3.44. The molecule has 9 heteroatoms. The van der Waals surface area contributed by atoms with Gasteiger partial charge in [-0.05, 0) is 66.6 Å². The summed E-state index contributed by atoms with van der Waals surface area (Å²) in [5, 5.41) is 22.4. The molecule has 2 aromatic carbocycles. The molecular weight excluding hydrogens is 426 g/mol. The summed E-state index contributed by atoms with van der Waals surface area (Å²) in [6.07, 6.45) is 1.44. The van der Waals surface area contributed by atoms with Crippen LogP contribution in [0.2, 0.25) is 5.02 Å². The Morgan fingerprint density at radius 2 is 1.84 bits per heavy atom. The molecule has 164 valence electrons. The second-order valence-electron chi connectivity index (χ2n) is 7.69. The number of carbonyl (C=O) groups excluding carboxylic acids is 1. The van der Waals surface area contributed by atoms with Gasteiger partial charge in [-0.3, -0.25) is 4.79 Å². The van der Waals surface area contributed by atoms with Gasteiger partial charge in [0, 0.05) is 42.5 Å². The van der Waals surface area contributed by atoms with Gasteiger partial charge in [0.25, 0.3) is 0 Å². The molecule has 4 rings (SSSR count). The predicted octanol–water partition coefficient (Wildman–Crippen LogP) is 3.56. The molecule has 0 saturated carbocycles.